The SMILES string of the molecule is CC(C)N1CCOC(C(O)CCC(F)(F)F)C1. The zero-order valence-electron chi connectivity index (χ0n) is 10.2. The van der Waals surface area contributed by atoms with Gasteiger partial charge in [-0.25, -0.2) is 0 Å². The van der Waals surface area contributed by atoms with Crippen molar-refractivity contribution >= 4 is 0 Å². The van der Waals surface area contributed by atoms with E-state index < -0.39 is 24.8 Å². The molecule has 1 heterocycles. The van der Waals surface area contributed by atoms with E-state index in [1.165, 1.54) is 0 Å². The minimum Gasteiger partial charge on any atom is -0.390 e. The van der Waals surface area contributed by atoms with Crippen LogP contribution >= 0.6 is 0 Å². The van der Waals surface area contributed by atoms with Crippen molar-refractivity contribution in [1.29, 1.82) is 0 Å². The van der Waals surface area contributed by atoms with E-state index in [1.54, 1.807) is 0 Å². The molecule has 0 saturated carbocycles. The Morgan fingerprint density at radius 3 is 2.59 bits per heavy atom. The van der Waals surface area contributed by atoms with Gasteiger partial charge in [-0.2, -0.15) is 13.2 Å². The average Bonchev–Trinajstić information content (AvgIpc) is 2.25. The van der Waals surface area contributed by atoms with Crippen LogP contribution in [-0.2, 0) is 4.74 Å². The van der Waals surface area contributed by atoms with Crippen molar-refractivity contribution < 1.29 is 23.0 Å². The highest BCUT2D eigenvalue weighted by Crippen LogP contribution is 2.24. The van der Waals surface area contributed by atoms with Crippen LogP contribution in [0.15, 0.2) is 0 Å². The number of nitrogens with zero attached hydrogens (tertiary/aromatic N) is 1. The van der Waals surface area contributed by atoms with Gasteiger partial charge in [0.25, 0.3) is 0 Å². The topological polar surface area (TPSA) is 32.7 Å². The minimum absolute atomic E-state index is 0.292. The number of ether oxygens (including phenoxy) is 1. The second-order valence-electron chi connectivity index (χ2n) is 4.72. The number of halogens is 3. The number of hydrogen-bond donors (Lipinski definition) is 1. The molecule has 2 atom stereocenters. The molecule has 0 aromatic carbocycles. The number of hydrogen-bond acceptors (Lipinski definition) is 3. The van der Waals surface area contributed by atoms with Gasteiger partial charge in [-0.05, 0) is 20.3 Å². The molecule has 1 aliphatic rings. The Hall–Kier alpha value is -0.330. The first-order valence-electron chi connectivity index (χ1n) is 5.90. The van der Waals surface area contributed by atoms with Gasteiger partial charge in [0.05, 0.1) is 18.8 Å². The van der Waals surface area contributed by atoms with Gasteiger partial charge in [-0.3, -0.25) is 4.90 Å². The van der Waals surface area contributed by atoms with Gasteiger partial charge >= 0.3 is 6.18 Å². The van der Waals surface area contributed by atoms with E-state index in [0.717, 1.165) is 6.54 Å². The molecule has 17 heavy (non-hydrogen) atoms. The molecule has 2 unspecified atom stereocenters. The van der Waals surface area contributed by atoms with E-state index in [0.29, 0.717) is 19.2 Å². The smallest absolute Gasteiger partial charge is 0.389 e. The lowest BCUT2D eigenvalue weighted by molar-refractivity contribution is -0.150. The molecule has 0 spiro atoms. The van der Waals surface area contributed by atoms with Crippen molar-refractivity contribution in [1.82, 2.24) is 4.90 Å². The lowest BCUT2D eigenvalue weighted by Gasteiger charge is -2.37. The van der Waals surface area contributed by atoms with Crippen LogP contribution in [0, 0.1) is 0 Å². The Morgan fingerprint density at radius 2 is 2.06 bits per heavy atom. The molecule has 1 rings (SSSR count). The third-order valence-corrected chi connectivity index (χ3v) is 3.01. The Labute approximate surface area is 99.5 Å². The van der Waals surface area contributed by atoms with E-state index in [9.17, 15) is 18.3 Å². The van der Waals surface area contributed by atoms with E-state index in [1.807, 2.05) is 13.8 Å². The Bertz CT molecular complexity index is 233. The molecule has 3 nitrogen and oxygen atoms in total. The average molecular weight is 255 g/mol. The quantitative estimate of drug-likeness (QED) is 0.831. The van der Waals surface area contributed by atoms with E-state index >= 15 is 0 Å². The predicted molar refractivity (Wildman–Crippen MR) is 57.7 cm³/mol. The molecule has 0 radical (unpaired) electrons. The highest BCUT2D eigenvalue weighted by Gasteiger charge is 2.32. The summed E-state index contributed by atoms with van der Waals surface area (Å²) in [5, 5.41) is 9.69. The Balaban J connectivity index is 2.38. The zero-order valence-corrected chi connectivity index (χ0v) is 10.2. The molecule has 0 bridgehead atoms. The molecule has 6 heteroatoms. The van der Waals surface area contributed by atoms with Crippen LogP contribution in [0.3, 0.4) is 0 Å². The van der Waals surface area contributed by atoms with Crippen LogP contribution in [0.5, 0.6) is 0 Å². The number of alkyl halides is 3. The third kappa shape index (κ3) is 5.23. The maximum atomic E-state index is 12.0. The van der Waals surface area contributed by atoms with Gasteiger partial charge in [-0.1, -0.05) is 0 Å². The first kappa shape index (κ1) is 14.7. The Kier molecular flexibility index (Phi) is 5.22. The molecular weight excluding hydrogens is 235 g/mol. The molecule has 1 aliphatic heterocycles. The van der Waals surface area contributed by atoms with Crippen molar-refractivity contribution in [2.24, 2.45) is 0 Å². The molecule has 0 aromatic rings. The lowest BCUT2D eigenvalue weighted by Crippen LogP contribution is -2.50. The van der Waals surface area contributed by atoms with Crippen LogP contribution in [0.1, 0.15) is 26.7 Å². The zero-order chi connectivity index (χ0) is 13.1. The maximum Gasteiger partial charge on any atom is 0.389 e. The largest absolute Gasteiger partial charge is 0.390 e. The van der Waals surface area contributed by atoms with Gasteiger partial charge < -0.3 is 9.84 Å². The van der Waals surface area contributed by atoms with Crippen molar-refractivity contribution in [2.75, 3.05) is 19.7 Å². The van der Waals surface area contributed by atoms with E-state index in [-0.39, 0.29) is 6.42 Å². The first-order valence-corrected chi connectivity index (χ1v) is 5.90. The predicted octanol–water partition coefficient (Wildman–Crippen LogP) is 1.80. The van der Waals surface area contributed by atoms with Gasteiger partial charge in [0.15, 0.2) is 0 Å². The normalized spacial score (nSPS) is 25.2. The standard InChI is InChI=1S/C11H20F3NO2/c1-8(2)15-5-6-17-10(7-15)9(16)3-4-11(12,13)14/h8-10,16H,3-7H2,1-2H3. The van der Waals surface area contributed by atoms with Crippen molar-refractivity contribution in [3.8, 4) is 0 Å². The molecule has 102 valence electrons. The summed E-state index contributed by atoms with van der Waals surface area (Å²) in [6, 6.07) is 0.316. The number of rotatable bonds is 4. The van der Waals surface area contributed by atoms with Crippen molar-refractivity contribution in [3.63, 3.8) is 0 Å². The number of aliphatic hydroxyl groups is 1. The molecular formula is C11H20F3NO2. The molecule has 0 aromatic heterocycles. The summed E-state index contributed by atoms with van der Waals surface area (Å²) in [6.07, 6.45) is -7.02. The molecule has 1 fully saturated rings. The van der Waals surface area contributed by atoms with Crippen LogP contribution < -0.4 is 0 Å². The molecule has 0 aliphatic carbocycles. The van der Waals surface area contributed by atoms with Gasteiger partial charge in [-0.15, -0.1) is 0 Å². The number of morpholine rings is 1. The van der Waals surface area contributed by atoms with Gasteiger partial charge in [0.1, 0.15) is 0 Å². The highest BCUT2D eigenvalue weighted by atomic mass is 19.4. The van der Waals surface area contributed by atoms with Crippen LogP contribution in [0.25, 0.3) is 0 Å². The fourth-order valence-corrected chi connectivity index (χ4v) is 1.90. The summed E-state index contributed by atoms with van der Waals surface area (Å²) < 4.78 is 41.4. The second kappa shape index (κ2) is 6.02. The summed E-state index contributed by atoms with van der Waals surface area (Å²) >= 11 is 0. The van der Waals surface area contributed by atoms with Crippen molar-refractivity contribution in [3.05, 3.63) is 0 Å². The summed E-state index contributed by atoms with van der Waals surface area (Å²) in [5.74, 6) is 0. The second-order valence-corrected chi connectivity index (χ2v) is 4.72. The third-order valence-electron chi connectivity index (χ3n) is 3.01. The summed E-state index contributed by atoms with van der Waals surface area (Å²) in [5.41, 5.74) is 0. The van der Waals surface area contributed by atoms with Crippen LogP contribution in [0.4, 0.5) is 13.2 Å². The van der Waals surface area contributed by atoms with E-state index in [4.69, 9.17) is 4.74 Å². The highest BCUT2D eigenvalue weighted by molar-refractivity contribution is 4.79. The van der Waals surface area contributed by atoms with Gasteiger partial charge in [0.2, 0.25) is 0 Å². The van der Waals surface area contributed by atoms with E-state index in [2.05, 4.69) is 4.90 Å². The van der Waals surface area contributed by atoms with Gasteiger partial charge in [0, 0.05) is 25.6 Å². The molecule has 1 N–H and O–H groups in total. The summed E-state index contributed by atoms with van der Waals surface area (Å²) in [7, 11) is 0. The van der Waals surface area contributed by atoms with Crippen LogP contribution in [0.2, 0.25) is 0 Å². The monoisotopic (exact) mass is 255 g/mol. The summed E-state index contributed by atoms with van der Waals surface area (Å²) in [6.45, 7) is 5.76. The fraction of sp³-hybridized carbons (Fsp3) is 1.00. The summed E-state index contributed by atoms with van der Waals surface area (Å²) in [4.78, 5) is 2.10. The fourth-order valence-electron chi connectivity index (χ4n) is 1.90. The van der Waals surface area contributed by atoms with Crippen molar-refractivity contribution in [2.45, 2.75) is 51.1 Å². The Morgan fingerprint density at radius 1 is 1.41 bits per heavy atom. The first-order chi connectivity index (χ1) is 7.79. The molecule has 1 saturated heterocycles. The lowest BCUT2D eigenvalue weighted by atomic mass is 10.1. The number of aliphatic hydroxyl groups excluding tert-OH is 1. The maximum absolute atomic E-state index is 12.0. The van der Waals surface area contributed by atoms with Crippen LogP contribution in [-0.4, -0.2) is 54.1 Å². The molecule has 0 amide bonds. The minimum atomic E-state index is -4.21.